The minimum absolute atomic E-state index is 0.00101. The molecule has 0 spiro atoms. The first kappa shape index (κ1) is 26.5. The van der Waals surface area contributed by atoms with Crippen LogP contribution in [-0.2, 0) is 19.6 Å². The summed E-state index contributed by atoms with van der Waals surface area (Å²) in [6.45, 7) is 5.31. The van der Waals surface area contributed by atoms with Gasteiger partial charge in [0.25, 0.3) is 0 Å². The lowest BCUT2D eigenvalue weighted by molar-refractivity contribution is -0.125. The molecule has 184 valence electrons. The van der Waals surface area contributed by atoms with E-state index < -0.39 is 21.7 Å². The van der Waals surface area contributed by atoms with Crippen molar-refractivity contribution in [2.45, 2.75) is 44.1 Å². The van der Waals surface area contributed by atoms with E-state index in [4.69, 9.17) is 9.47 Å². The van der Waals surface area contributed by atoms with Crippen molar-refractivity contribution in [3.8, 4) is 5.88 Å². The van der Waals surface area contributed by atoms with Gasteiger partial charge in [-0.05, 0) is 39.7 Å². The van der Waals surface area contributed by atoms with Crippen molar-refractivity contribution in [2.24, 2.45) is 5.92 Å². The lowest BCUT2D eigenvalue weighted by Crippen LogP contribution is -2.42. The summed E-state index contributed by atoms with van der Waals surface area (Å²) < 4.78 is 50.6. The summed E-state index contributed by atoms with van der Waals surface area (Å²) in [6.07, 6.45) is 1.70. The van der Waals surface area contributed by atoms with Crippen molar-refractivity contribution < 1.29 is 31.9 Å². The van der Waals surface area contributed by atoms with Crippen LogP contribution in [0.1, 0.15) is 33.6 Å². The fraction of sp³-hybridized carbons (Fsp3) is 0.571. The smallest absolute Gasteiger partial charge is 0.407 e. The van der Waals surface area contributed by atoms with Gasteiger partial charge in [-0.25, -0.2) is 22.6 Å². The summed E-state index contributed by atoms with van der Waals surface area (Å²) in [4.78, 5) is 27.4. The molecule has 2 rings (SSSR count). The molecular formula is C21H31FN4O6S. The van der Waals surface area contributed by atoms with Crippen LogP contribution in [0.25, 0.3) is 0 Å². The number of aromatic nitrogens is 1. The summed E-state index contributed by atoms with van der Waals surface area (Å²) in [5.74, 6) is -0.181. The second-order valence-corrected chi connectivity index (χ2v) is 10.5. The number of piperidine rings is 1. The molecule has 0 atom stereocenters. The highest BCUT2D eigenvalue weighted by atomic mass is 32.2. The molecule has 1 fully saturated rings. The number of ether oxygens (including phenoxy) is 2. The number of alkyl carbamates (subject to hydrolysis) is 1. The Hall–Kier alpha value is -2.73. The van der Waals surface area contributed by atoms with E-state index in [0.717, 1.165) is 0 Å². The van der Waals surface area contributed by atoms with Gasteiger partial charge in [0, 0.05) is 44.2 Å². The zero-order chi connectivity index (χ0) is 24.6. The highest BCUT2D eigenvalue weighted by Crippen LogP contribution is 2.24. The maximum atomic E-state index is 13.1. The Morgan fingerprint density at radius 3 is 2.45 bits per heavy atom. The van der Waals surface area contributed by atoms with Crippen LogP contribution in [-0.4, -0.2) is 68.6 Å². The van der Waals surface area contributed by atoms with Gasteiger partial charge >= 0.3 is 6.09 Å². The molecule has 0 radical (unpaired) electrons. The molecule has 0 saturated carbocycles. The monoisotopic (exact) mass is 486 g/mol. The van der Waals surface area contributed by atoms with E-state index in [-0.39, 0.29) is 54.4 Å². The van der Waals surface area contributed by atoms with E-state index in [2.05, 4.69) is 15.6 Å². The molecule has 0 aromatic carbocycles. The van der Waals surface area contributed by atoms with Gasteiger partial charge in [-0.3, -0.25) is 4.79 Å². The second kappa shape index (κ2) is 11.4. The minimum Gasteiger partial charge on any atom is -0.473 e. The lowest BCUT2D eigenvalue weighted by atomic mass is 9.97. The van der Waals surface area contributed by atoms with E-state index in [0.29, 0.717) is 19.2 Å². The van der Waals surface area contributed by atoms with Crippen LogP contribution in [0.4, 0.5) is 9.18 Å². The summed E-state index contributed by atoms with van der Waals surface area (Å²) in [5.41, 5.74) is -0.537. The number of nitrogens with one attached hydrogen (secondary N) is 2. The van der Waals surface area contributed by atoms with Crippen LogP contribution < -0.4 is 15.4 Å². The van der Waals surface area contributed by atoms with E-state index in [1.165, 1.54) is 22.6 Å². The Labute approximate surface area is 193 Å². The number of amides is 2. The molecule has 2 heterocycles. The number of nitrogens with zero attached hydrogens (tertiary/aromatic N) is 2. The Kier molecular flexibility index (Phi) is 9.17. The number of carbonyl (C=O) groups is 2. The third-order valence-electron chi connectivity index (χ3n) is 4.84. The molecule has 1 aliphatic heterocycles. The average molecular weight is 487 g/mol. The Morgan fingerprint density at radius 1 is 1.27 bits per heavy atom. The largest absolute Gasteiger partial charge is 0.473 e. The van der Waals surface area contributed by atoms with E-state index in [1.54, 1.807) is 27.8 Å². The third-order valence-corrected chi connectivity index (χ3v) is 6.72. The molecule has 12 heteroatoms. The maximum Gasteiger partial charge on any atom is 0.407 e. The number of carbonyl (C=O) groups excluding carboxylic acids is 2. The fourth-order valence-corrected chi connectivity index (χ4v) is 4.52. The summed E-state index contributed by atoms with van der Waals surface area (Å²) in [6, 6.07) is 2.74. The SMILES string of the molecule is CNC(=O)C1CCN(S(=O)(=O)c2ccc(OCC(=CF)CNC(=O)OC(C)(C)C)nc2)CC1. The van der Waals surface area contributed by atoms with Gasteiger partial charge in [0.1, 0.15) is 17.1 Å². The van der Waals surface area contributed by atoms with Gasteiger partial charge in [-0.2, -0.15) is 4.31 Å². The van der Waals surface area contributed by atoms with Gasteiger partial charge in [0.15, 0.2) is 0 Å². The van der Waals surface area contributed by atoms with Gasteiger partial charge < -0.3 is 20.1 Å². The number of halogens is 1. The topological polar surface area (TPSA) is 127 Å². The molecule has 10 nitrogen and oxygen atoms in total. The van der Waals surface area contributed by atoms with Crippen LogP contribution in [0.5, 0.6) is 5.88 Å². The molecule has 1 saturated heterocycles. The van der Waals surface area contributed by atoms with Crippen LogP contribution in [0.3, 0.4) is 0 Å². The van der Waals surface area contributed by atoms with Crippen molar-refractivity contribution in [3.63, 3.8) is 0 Å². The van der Waals surface area contributed by atoms with Crippen molar-refractivity contribution in [3.05, 3.63) is 30.2 Å². The normalized spacial score (nSPS) is 16.2. The molecule has 2 N–H and O–H groups in total. The Bertz CT molecular complexity index is 952. The van der Waals surface area contributed by atoms with Gasteiger partial charge in [0.2, 0.25) is 21.8 Å². The molecule has 0 unspecified atom stereocenters. The maximum absolute atomic E-state index is 13.1. The molecule has 2 amide bonds. The van der Waals surface area contributed by atoms with Crippen molar-refractivity contribution in [2.75, 3.05) is 33.3 Å². The number of sulfonamides is 1. The van der Waals surface area contributed by atoms with E-state index >= 15 is 0 Å². The molecule has 1 aromatic heterocycles. The van der Waals surface area contributed by atoms with E-state index in [9.17, 15) is 22.4 Å². The summed E-state index contributed by atoms with van der Waals surface area (Å²) in [5, 5.41) is 5.01. The predicted octanol–water partition coefficient (Wildman–Crippen LogP) is 1.99. The molecule has 1 aromatic rings. The zero-order valence-corrected chi connectivity index (χ0v) is 20.1. The third kappa shape index (κ3) is 7.97. The predicted molar refractivity (Wildman–Crippen MR) is 119 cm³/mol. The lowest BCUT2D eigenvalue weighted by Gasteiger charge is -2.30. The average Bonchev–Trinajstić information content (AvgIpc) is 2.78. The van der Waals surface area contributed by atoms with Crippen LogP contribution >= 0.6 is 0 Å². The minimum atomic E-state index is -3.75. The first-order valence-electron chi connectivity index (χ1n) is 10.5. The van der Waals surface area contributed by atoms with Crippen molar-refractivity contribution >= 4 is 22.0 Å². The second-order valence-electron chi connectivity index (χ2n) is 8.54. The Balaban J connectivity index is 1.89. The van der Waals surface area contributed by atoms with Crippen LogP contribution in [0, 0.1) is 5.92 Å². The number of hydrogen-bond donors (Lipinski definition) is 2. The summed E-state index contributed by atoms with van der Waals surface area (Å²) >= 11 is 0. The van der Waals surface area contributed by atoms with Crippen molar-refractivity contribution in [1.82, 2.24) is 19.9 Å². The van der Waals surface area contributed by atoms with Gasteiger partial charge in [-0.1, -0.05) is 0 Å². The van der Waals surface area contributed by atoms with E-state index in [1.807, 2.05) is 0 Å². The zero-order valence-electron chi connectivity index (χ0n) is 19.3. The summed E-state index contributed by atoms with van der Waals surface area (Å²) in [7, 11) is -2.19. The number of hydrogen-bond acceptors (Lipinski definition) is 7. The molecule has 0 aliphatic carbocycles. The first-order chi connectivity index (χ1) is 15.5. The Morgan fingerprint density at radius 2 is 1.94 bits per heavy atom. The molecule has 33 heavy (non-hydrogen) atoms. The highest BCUT2D eigenvalue weighted by Gasteiger charge is 2.32. The van der Waals surface area contributed by atoms with Crippen LogP contribution in [0.2, 0.25) is 0 Å². The quantitative estimate of drug-likeness (QED) is 0.575. The standard InChI is InChI=1S/C21H31FN4O6S/c1-21(2,3)32-20(28)25-12-15(11-22)14-31-18-6-5-17(13-24-18)33(29,30)26-9-7-16(8-10-26)19(27)23-4/h5-6,11,13,16H,7-10,12,14H2,1-4H3,(H,23,27)(H,25,28). The molecule has 1 aliphatic rings. The molecular weight excluding hydrogens is 455 g/mol. The first-order valence-corrected chi connectivity index (χ1v) is 12.0. The number of pyridine rings is 1. The number of rotatable bonds is 8. The highest BCUT2D eigenvalue weighted by molar-refractivity contribution is 7.89. The van der Waals surface area contributed by atoms with Gasteiger partial charge in [0.05, 0.1) is 12.5 Å². The fourth-order valence-electron chi connectivity index (χ4n) is 3.10. The van der Waals surface area contributed by atoms with Gasteiger partial charge in [-0.15, -0.1) is 0 Å². The van der Waals surface area contributed by atoms with Crippen molar-refractivity contribution in [1.29, 1.82) is 0 Å². The van der Waals surface area contributed by atoms with Crippen LogP contribution in [0.15, 0.2) is 35.1 Å². The molecule has 0 bridgehead atoms.